The zero-order valence-corrected chi connectivity index (χ0v) is 10.0. The Labute approximate surface area is 99.7 Å². The number of hydrogen-bond acceptors (Lipinski definition) is 5. The highest BCUT2D eigenvalue weighted by Crippen LogP contribution is 2.22. The predicted molar refractivity (Wildman–Crippen MR) is 63.5 cm³/mol. The highest BCUT2D eigenvalue weighted by molar-refractivity contribution is 5.95. The lowest BCUT2D eigenvalue weighted by Gasteiger charge is -2.29. The number of carboxylic acid groups (broad SMARTS) is 1. The summed E-state index contributed by atoms with van der Waals surface area (Å²) in [6, 6.07) is 0. The van der Waals surface area contributed by atoms with Crippen molar-refractivity contribution in [2.45, 2.75) is 13.8 Å². The van der Waals surface area contributed by atoms with E-state index in [4.69, 9.17) is 0 Å². The molecule has 6 heteroatoms. The Morgan fingerprint density at radius 1 is 1.29 bits per heavy atom. The monoisotopic (exact) mass is 236 g/mol. The zero-order valence-electron chi connectivity index (χ0n) is 10.0. The third-order valence-corrected chi connectivity index (χ3v) is 3.07. The molecule has 2 N–H and O–H groups in total. The van der Waals surface area contributed by atoms with E-state index in [2.05, 4.69) is 15.5 Å². The molecule has 1 aromatic rings. The zero-order chi connectivity index (χ0) is 12.4. The lowest BCUT2D eigenvalue weighted by molar-refractivity contribution is 0.0696. The van der Waals surface area contributed by atoms with Gasteiger partial charge in [-0.1, -0.05) is 0 Å². The van der Waals surface area contributed by atoms with E-state index < -0.39 is 5.97 Å². The number of aryl methyl sites for hydroxylation is 1. The molecule has 17 heavy (non-hydrogen) atoms. The van der Waals surface area contributed by atoms with Crippen LogP contribution in [0.3, 0.4) is 0 Å². The number of nitrogens with one attached hydrogen (secondary N) is 1. The standard InChI is InChI=1S/C11H16N4O2/c1-7-8(2)13-14-10(9(7)11(16)17)15-5-3-12-4-6-15/h12H,3-6H2,1-2H3,(H,16,17). The quantitative estimate of drug-likeness (QED) is 0.764. The Morgan fingerprint density at radius 3 is 2.53 bits per heavy atom. The highest BCUT2D eigenvalue weighted by Gasteiger charge is 2.23. The van der Waals surface area contributed by atoms with Crippen LogP contribution in [0, 0.1) is 13.8 Å². The van der Waals surface area contributed by atoms with E-state index in [1.54, 1.807) is 13.8 Å². The minimum absolute atomic E-state index is 0.277. The molecule has 0 aliphatic carbocycles. The summed E-state index contributed by atoms with van der Waals surface area (Å²) in [5.74, 6) is -0.448. The van der Waals surface area contributed by atoms with Crippen molar-refractivity contribution >= 4 is 11.8 Å². The van der Waals surface area contributed by atoms with Gasteiger partial charge in [0.05, 0.1) is 5.69 Å². The fourth-order valence-corrected chi connectivity index (χ4v) is 1.95. The highest BCUT2D eigenvalue weighted by atomic mass is 16.4. The number of anilines is 1. The minimum Gasteiger partial charge on any atom is -0.478 e. The van der Waals surface area contributed by atoms with Crippen LogP contribution in [0.5, 0.6) is 0 Å². The molecule has 0 amide bonds. The van der Waals surface area contributed by atoms with Crippen LogP contribution < -0.4 is 10.2 Å². The summed E-state index contributed by atoms with van der Waals surface area (Å²) < 4.78 is 0. The van der Waals surface area contributed by atoms with Crippen LogP contribution in [0.15, 0.2) is 0 Å². The summed E-state index contributed by atoms with van der Waals surface area (Å²) in [6.07, 6.45) is 0. The maximum atomic E-state index is 11.3. The average Bonchev–Trinajstić information content (AvgIpc) is 2.33. The van der Waals surface area contributed by atoms with Gasteiger partial charge in [0.25, 0.3) is 0 Å². The molecule has 0 unspecified atom stereocenters. The van der Waals surface area contributed by atoms with Crippen LogP contribution in [-0.2, 0) is 0 Å². The predicted octanol–water partition coefficient (Wildman–Crippen LogP) is 0.201. The summed E-state index contributed by atoms with van der Waals surface area (Å²) in [7, 11) is 0. The number of piperazine rings is 1. The van der Waals surface area contributed by atoms with E-state index in [-0.39, 0.29) is 5.56 Å². The summed E-state index contributed by atoms with van der Waals surface area (Å²) >= 11 is 0. The number of nitrogens with zero attached hydrogens (tertiary/aromatic N) is 3. The molecule has 1 aliphatic heterocycles. The Kier molecular flexibility index (Phi) is 3.23. The number of hydrogen-bond donors (Lipinski definition) is 2. The van der Waals surface area contributed by atoms with Crippen LogP contribution in [0.25, 0.3) is 0 Å². The van der Waals surface area contributed by atoms with Gasteiger partial charge in [-0.15, -0.1) is 5.10 Å². The molecule has 1 aliphatic rings. The Hall–Kier alpha value is -1.69. The van der Waals surface area contributed by atoms with E-state index >= 15 is 0 Å². The largest absolute Gasteiger partial charge is 0.478 e. The first-order valence-electron chi connectivity index (χ1n) is 5.64. The number of rotatable bonds is 2. The van der Waals surface area contributed by atoms with E-state index in [1.807, 2.05) is 4.90 Å². The topological polar surface area (TPSA) is 78.4 Å². The van der Waals surface area contributed by atoms with Gasteiger partial charge in [0.15, 0.2) is 5.82 Å². The summed E-state index contributed by atoms with van der Waals surface area (Å²) in [6.45, 7) is 6.76. The van der Waals surface area contributed by atoms with Crippen LogP contribution in [0.2, 0.25) is 0 Å². The molecule has 1 fully saturated rings. The van der Waals surface area contributed by atoms with Crippen LogP contribution in [0.4, 0.5) is 5.82 Å². The van der Waals surface area contributed by atoms with Gasteiger partial charge < -0.3 is 15.3 Å². The number of carboxylic acids is 1. The third kappa shape index (κ3) is 2.21. The lowest BCUT2D eigenvalue weighted by atomic mass is 10.1. The van der Waals surface area contributed by atoms with Crippen molar-refractivity contribution in [2.24, 2.45) is 0 Å². The van der Waals surface area contributed by atoms with Gasteiger partial charge in [-0.25, -0.2) is 4.79 Å². The van der Waals surface area contributed by atoms with Crippen molar-refractivity contribution in [2.75, 3.05) is 31.1 Å². The molecular weight excluding hydrogens is 220 g/mol. The molecule has 2 rings (SSSR count). The van der Waals surface area contributed by atoms with Crippen molar-refractivity contribution < 1.29 is 9.90 Å². The molecule has 6 nitrogen and oxygen atoms in total. The molecule has 0 spiro atoms. The first-order chi connectivity index (χ1) is 8.11. The Morgan fingerprint density at radius 2 is 1.94 bits per heavy atom. The van der Waals surface area contributed by atoms with Gasteiger partial charge in [-0.3, -0.25) is 0 Å². The normalized spacial score (nSPS) is 16.0. The van der Waals surface area contributed by atoms with Crippen LogP contribution in [0.1, 0.15) is 21.6 Å². The second kappa shape index (κ2) is 4.67. The van der Waals surface area contributed by atoms with Gasteiger partial charge in [-0.2, -0.15) is 5.10 Å². The summed E-state index contributed by atoms with van der Waals surface area (Å²) in [5, 5.41) is 20.6. The first-order valence-corrected chi connectivity index (χ1v) is 5.64. The Bertz CT molecular complexity index is 441. The second-order valence-corrected chi connectivity index (χ2v) is 4.15. The number of aromatic nitrogens is 2. The molecule has 1 aromatic heterocycles. The number of carbonyl (C=O) groups is 1. The SMILES string of the molecule is Cc1nnc(N2CCNCC2)c(C(=O)O)c1C. The molecule has 0 bridgehead atoms. The van der Waals surface area contributed by atoms with E-state index in [9.17, 15) is 9.90 Å². The van der Waals surface area contributed by atoms with E-state index in [0.29, 0.717) is 17.1 Å². The van der Waals surface area contributed by atoms with Gasteiger partial charge >= 0.3 is 5.97 Å². The second-order valence-electron chi connectivity index (χ2n) is 4.15. The van der Waals surface area contributed by atoms with Crippen molar-refractivity contribution in [3.05, 3.63) is 16.8 Å². The lowest BCUT2D eigenvalue weighted by Crippen LogP contribution is -2.44. The smallest absolute Gasteiger partial charge is 0.339 e. The van der Waals surface area contributed by atoms with Crippen LogP contribution in [-0.4, -0.2) is 47.5 Å². The van der Waals surface area contributed by atoms with E-state index in [0.717, 1.165) is 26.2 Å². The van der Waals surface area contributed by atoms with Crippen molar-refractivity contribution in [1.82, 2.24) is 15.5 Å². The molecule has 92 valence electrons. The maximum Gasteiger partial charge on any atom is 0.339 e. The molecular formula is C11H16N4O2. The molecule has 0 atom stereocenters. The fourth-order valence-electron chi connectivity index (χ4n) is 1.95. The van der Waals surface area contributed by atoms with Crippen molar-refractivity contribution in [3.63, 3.8) is 0 Å². The fraction of sp³-hybridized carbons (Fsp3) is 0.545. The van der Waals surface area contributed by atoms with Gasteiger partial charge in [0.2, 0.25) is 0 Å². The summed E-state index contributed by atoms with van der Waals surface area (Å²) in [4.78, 5) is 13.3. The molecule has 1 saturated heterocycles. The first kappa shape index (κ1) is 11.8. The molecule has 2 heterocycles. The summed E-state index contributed by atoms with van der Waals surface area (Å²) in [5.41, 5.74) is 1.64. The van der Waals surface area contributed by atoms with E-state index in [1.165, 1.54) is 0 Å². The van der Waals surface area contributed by atoms with Gasteiger partial charge in [0.1, 0.15) is 5.56 Å². The molecule has 0 saturated carbocycles. The van der Waals surface area contributed by atoms with Gasteiger partial charge in [0, 0.05) is 26.2 Å². The van der Waals surface area contributed by atoms with Crippen molar-refractivity contribution in [3.8, 4) is 0 Å². The van der Waals surface area contributed by atoms with Crippen molar-refractivity contribution in [1.29, 1.82) is 0 Å². The third-order valence-electron chi connectivity index (χ3n) is 3.07. The molecule has 0 radical (unpaired) electrons. The van der Waals surface area contributed by atoms with Crippen LogP contribution >= 0.6 is 0 Å². The van der Waals surface area contributed by atoms with Gasteiger partial charge in [-0.05, 0) is 19.4 Å². The average molecular weight is 236 g/mol. The molecule has 0 aromatic carbocycles. The maximum absolute atomic E-state index is 11.3. The minimum atomic E-state index is -0.936. The Balaban J connectivity index is 2.45. The number of aromatic carboxylic acids is 1.